The number of piperidine rings is 3. The fourth-order valence-electron chi connectivity index (χ4n) is 12.4. The van der Waals surface area contributed by atoms with E-state index in [0.29, 0.717) is 91.6 Å². The lowest BCUT2D eigenvalue weighted by molar-refractivity contribution is -0.144. The van der Waals surface area contributed by atoms with Gasteiger partial charge < -0.3 is 34.8 Å². The van der Waals surface area contributed by atoms with Crippen LogP contribution in [-0.2, 0) is 19.8 Å². The summed E-state index contributed by atoms with van der Waals surface area (Å²) in [6, 6.07) is 11.7. The fraction of sp³-hybridized carbons (Fsp3) is 0.593. The van der Waals surface area contributed by atoms with Crippen LogP contribution in [0.3, 0.4) is 0 Å². The molecule has 0 bridgehead atoms. The molecule has 3 saturated heterocycles. The van der Waals surface area contributed by atoms with Crippen molar-refractivity contribution in [2.45, 2.75) is 154 Å². The number of imidazole rings is 1. The zero-order chi connectivity index (χ0) is 47.4. The molecule has 4 aliphatic heterocycles. The number of pyridine rings is 1. The number of likely N-dealkylation sites (tertiary alicyclic amines) is 3. The molecule has 1 spiro atoms. The van der Waals surface area contributed by atoms with Gasteiger partial charge >= 0.3 is 0 Å². The molecule has 6 heterocycles. The number of benzene rings is 2. The van der Waals surface area contributed by atoms with E-state index in [1.807, 2.05) is 40.3 Å². The number of halogens is 1. The molecule has 2 aromatic carbocycles. The van der Waals surface area contributed by atoms with E-state index in [-0.39, 0.29) is 59.3 Å². The SMILES string of the molecule is Cc1cc(F)c(Nc2nc(-c3ccc4c(c3)N([C@H]3C[C@@H](N5CCCCC5)C3)C(=O)C43CCN(C(=O)C4CCN(C(=O)C5CCCCC5)CC4)CC3)cc3ncn(C(C)C)c23)cc1C(=O)NC(C)C. The van der Waals surface area contributed by atoms with Crippen molar-refractivity contribution in [3.63, 3.8) is 0 Å². The Hall–Kier alpha value is -5.37. The number of hydrogen-bond acceptors (Lipinski definition) is 8. The zero-order valence-electron chi connectivity index (χ0n) is 40.8. The number of hydrogen-bond donors (Lipinski definition) is 2. The summed E-state index contributed by atoms with van der Waals surface area (Å²) in [7, 11) is 0. The van der Waals surface area contributed by atoms with E-state index in [2.05, 4.69) is 46.4 Å². The van der Waals surface area contributed by atoms with Gasteiger partial charge in [0.1, 0.15) is 11.3 Å². The van der Waals surface area contributed by atoms with E-state index in [9.17, 15) is 14.4 Å². The second kappa shape index (κ2) is 18.8. The molecule has 2 aromatic heterocycles. The van der Waals surface area contributed by atoms with Crippen LogP contribution in [-0.4, -0.2) is 110 Å². The Bertz CT molecular complexity index is 2570. The first kappa shape index (κ1) is 46.4. The van der Waals surface area contributed by atoms with Gasteiger partial charge in [-0.15, -0.1) is 0 Å². The highest BCUT2D eigenvalue weighted by molar-refractivity contribution is 6.09. The van der Waals surface area contributed by atoms with E-state index in [1.165, 1.54) is 31.7 Å². The molecule has 13 nitrogen and oxygen atoms in total. The van der Waals surface area contributed by atoms with Crippen LogP contribution in [0.5, 0.6) is 0 Å². The molecule has 14 heteroatoms. The van der Waals surface area contributed by atoms with Gasteiger partial charge in [-0.05, 0) is 147 Å². The lowest BCUT2D eigenvalue weighted by atomic mass is 9.73. The van der Waals surface area contributed by atoms with Crippen LogP contribution in [0.1, 0.15) is 145 Å². The summed E-state index contributed by atoms with van der Waals surface area (Å²) in [6.07, 6.45) is 15.3. The molecule has 2 N–H and O–H groups in total. The van der Waals surface area contributed by atoms with Gasteiger partial charge in [0.05, 0.1) is 28.6 Å². The summed E-state index contributed by atoms with van der Waals surface area (Å²) in [5.41, 5.74) is 5.08. The number of carbonyl (C=O) groups is 4. The maximum absolute atomic E-state index is 15.9. The topological polar surface area (TPSA) is 136 Å². The first-order chi connectivity index (χ1) is 32.8. The molecule has 2 aliphatic carbocycles. The summed E-state index contributed by atoms with van der Waals surface area (Å²) in [5.74, 6) is 0.265. The van der Waals surface area contributed by atoms with Crippen LogP contribution >= 0.6 is 0 Å². The summed E-state index contributed by atoms with van der Waals surface area (Å²) < 4.78 is 17.9. The molecule has 5 fully saturated rings. The number of nitrogens with zero attached hydrogens (tertiary/aromatic N) is 7. The summed E-state index contributed by atoms with van der Waals surface area (Å²) in [5, 5.41) is 6.21. The largest absolute Gasteiger partial charge is 0.350 e. The molecule has 6 aliphatic rings. The first-order valence-corrected chi connectivity index (χ1v) is 25.9. The van der Waals surface area contributed by atoms with Crippen LogP contribution in [0.4, 0.5) is 21.6 Å². The van der Waals surface area contributed by atoms with Crippen molar-refractivity contribution in [3.05, 3.63) is 65.2 Å². The lowest BCUT2D eigenvalue weighted by Crippen LogP contribution is -2.58. The van der Waals surface area contributed by atoms with Crippen molar-refractivity contribution in [2.75, 3.05) is 49.5 Å². The van der Waals surface area contributed by atoms with Crippen molar-refractivity contribution in [1.29, 1.82) is 0 Å². The van der Waals surface area contributed by atoms with Gasteiger partial charge in [-0.3, -0.25) is 19.2 Å². The van der Waals surface area contributed by atoms with Crippen LogP contribution < -0.4 is 15.5 Å². The number of aromatic nitrogens is 3. The predicted octanol–water partition coefficient (Wildman–Crippen LogP) is 9.05. The minimum absolute atomic E-state index is 0.0341. The van der Waals surface area contributed by atoms with Crippen LogP contribution in [0.2, 0.25) is 0 Å². The van der Waals surface area contributed by atoms with Crippen molar-refractivity contribution in [2.24, 2.45) is 11.8 Å². The smallest absolute Gasteiger partial charge is 0.251 e. The van der Waals surface area contributed by atoms with Gasteiger partial charge in [0.2, 0.25) is 17.7 Å². The average Bonchev–Trinajstić information content (AvgIpc) is 3.86. The second-order valence-electron chi connectivity index (χ2n) is 21.5. The molecule has 2 saturated carbocycles. The number of nitrogens with one attached hydrogen (secondary N) is 2. The number of fused-ring (bicyclic) bond motifs is 3. The zero-order valence-corrected chi connectivity index (χ0v) is 40.8. The van der Waals surface area contributed by atoms with Gasteiger partial charge in [-0.2, -0.15) is 0 Å². The van der Waals surface area contributed by atoms with Crippen molar-refractivity contribution >= 4 is 51.9 Å². The molecule has 0 atom stereocenters. The number of carbonyl (C=O) groups excluding carboxylic acids is 4. The van der Waals surface area contributed by atoms with E-state index in [0.717, 1.165) is 68.4 Å². The fourth-order valence-corrected chi connectivity index (χ4v) is 12.4. The van der Waals surface area contributed by atoms with Crippen molar-refractivity contribution in [3.8, 4) is 11.3 Å². The average molecular weight is 928 g/mol. The molecule has 362 valence electrons. The third-order valence-corrected chi connectivity index (χ3v) is 16.4. The van der Waals surface area contributed by atoms with Crippen LogP contribution in [0.25, 0.3) is 22.3 Å². The minimum Gasteiger partial charge on any atom is -0.350 e. The summed E-state index contributed by atoms with van der Waals surface area (Å²) in [4.78, 5) is 74.6. The molecule has 4 aromatic rings. The molecule has 10 rings (SSSR count). The lowest BCUT2D eigenvalue weighted by Gasteiger charge is -2.48. The Kier molecular flexibility index (Phi) is 12.9. The maximum atomic E-state index is 15.9. The van der Waals surface area contributed by atoms with Gasteiger partial charge in [0.25, 0.3) is 5.91 Å². The Labute approximate surface area is 400 Å². The highest BCUT2D eigenvalue weighted by Crippen LogP contribution is 2.52. The Morgan fingerprint density at radius 1 is 0.779 bits per heavy atom. The van der Waals surface area contributed by atoms with E-state index < -0.39 is 11.2 Å². The van der Waals surface area contributed by atoms with Crippen LogP contribution in [0.15, 0.2) is 42.7 Å². The third-order valence-electron chi connectivity index (χ3n) is 16.4. The molecule has 0 unspecified atom stereocenters. The summed E-state index contributed by atoms with van der Waals surface area (Å²) >= 11 is 0. The van der Waals surface area contributed by atoms with E-state index >= 15 is 9.18 Å². The van der Waals surface area contributed by atoms with Crippen molar-refractivity contribution in [1.82, 2.24) is 34.6 Å². The third kappa shape index (κ3) is 8.57. The maximum Gasteiger partial charge on any atom is 0.251 e. The molecule has 68 heavy (non-hydrogen) atoms. The van der Waals surface area contributed by atoms with Gasteiger partial charge in [0, 0.05) is 79.0 Å². The first-order valence-electron chi connectivity index (χ1n) is 25.9. The number of anilines is 3. The van der Waals surface area contributed by atoms with Gasteiger partial charge in [0.15, 0.2) is 5.82 Å². The monoisotopic (exact) mass is 928 g/mol. The molecule has 4 amide bonds. The van der Waals surface area contributed by atoms with Gasteiger partial charge in [-0.25, -0.2) is 14.4 Å². The Balaban J connectivity index is 0.939. The Morgan fingerprint density at radius 2 is 1.44 bits per heavy atom. The molecular weight excluding hydrogens is 858 g/mol. The van der Waals surface area contributed by atoms with Gasteiger partial charge in [-0.1, -0.05) is 37.8 Å². The molecular formula is C54H70FN9O4. The number of rotatable bonds is 10. The second-order valence-corrected chi connectivity index (χ2v) is 21.5. The molecule has 0 radical (unpaired) electrons. The quantitative estimate of drug-likeness (QED) is 0.161. The highest BCUT2D eigenvalue weighted by Gasteiger charge is 2.56. The number of amides is 4. The number of aryl methyl sites for hydroxylation is 1. The summed E-state index contributed by atoms with van der Waals surface area (Å²) in [6.45, 7) is 14.2. The normalized spacial score (nSPS) is 22.6. The standard InChI is InChI=1S/C54H70FN9O4/c1-33(2)57-50(65)41-30-45(43(55)26-35(41)5)59-49-48-46(56-32-63(48)34(3)4)31-44(58-49)38-14-15-42-47(27-38)64(40-28-39(29-40)60-20-10-7-11-21-60)53(68)54(42)18-24-62(25-19-54)52(67)37-16-22-61(23-17-37)51(66)36-12-8-6-9-13-36/h14-15,26-27,30-34,36-37,39-40H,6-13,16-25,28-29H2,1-5H3,(H,57,65)(H,58,59)/t39-,40+. The van der Waals surface area contributed by atoms with E-state index in [4.69, 9.17) is 9.97 Å². The highest BCUT2D eigenvalue weighted by atomic mass is 19.1. The van der Waals surface area contributed by atoms with Crippen LogP contribution in [0, 0.1) is 24.6 Å². The predicted molar refractivity (Wildman–Crippen MR) is 263 cm³/mol. The van der Waals surface area contributed by atoms with E-state index in [1.54, 1.807) is 19.3 Å². The van der Waals surface area contributed by atoms with Crippen molar-refractivity contribution < 1.29 is 23.6 Å². The Morgan fingerprint density at radius 3 is 2.12 bits per heavy atom. The minimum atomic E-state index is -0.737.